The number of allylic oxidation sites excluding steroid dienone is 3. The molecule has 23 heavy (non-hydrogen) atoms. The zero-order chi connectivity index (χ0) is 16.0. The minimum absolute atomic E-state index is 0.00357. The van der Waals surface area contributed by atoms with E-state index < -0.39 is 5.41 Å². The van der Waals surface area contributed by atoms with Gasteiger partial charge in [0.15, 0.2) is 12.1 Å². The van der Waals surface area contributed by atoms with E-state index in [1.54, 1.807) is 12.2 Å². The molecule has 2 fully saturated rings. The Balaban J connectivity index is 1.66. The Morgan fingerprint density at radius 3 is 2.78 bits per heavy atom. The van der Waals surface area contributed by atoms with E-state index in [-0.39, 0.29) is 41.7 Å². The highest BCUT2D eigenvalue weighted by Gasteiger charge is 2.60. The average molecular weight is 318 g/mol. The van der Waals surface area contributed by atoms with E-state index >= 15 is 0 Å². The summed E-state index contributed by atoms with van der Waals surface area (Å²) in [6, 6.07) is 0. The third-order valence-electron chi connectivity index (χ3n) is 5.98. The average Bonchev–Trinajstić information content (AvgIpc) is 3.31. The molecule has 4 aliphatic rings. The smallest absolute Gasteiger partial charge is 0.316 e. The van der Waals surface area contributed by atoms with Crippen LogP contribution in [0.3, 0.4) is 0 Å². The predicted octanol–water partition coefficient (Wildman–Crippen LogP) is 1.88. The standard InChI is InChI=1S/C18H22O5/c1-21-17(20)18(7-5-14-22-8-9-23-14)6-4-13(19)15-11-2-3-12(10-11)16(15)18/h2-4,6,11-12,14-16H,5,7-10H2,1H3/t11-,12+,15+,16+,18+/m1/s1. The van der Waals surface area contributed by atoms with Crippen molar-refractivity contribution in [2.45, 2.75) is 25.6 Å². The highest BCUT2D eigenvalue weighted by Crippen LogP contribution is 2.59. The Morgan fingerprint density at radius 2 is 2.04 bits per heavy atom. The van der Waals surface area contributed by atoms with Crippen LogP contribution in [0.25, 0.3) is 0 Å². The molecular formula is C18H22O5. The number of hydrogen-bond acceptors (Lipinski definition) is 5. The molecule has 1 heterocycles. The van der Waals surface area contributed by atoms with Crippen molar-refractivity contribution in [3.05, 3.63) is 24.3 Å². The Labute approximate surface area is 135 Å². The molecule has 1 saturated heterocycles. The van der Waals surface area contributed by atoms with E-state index in [1.807, 2.05) is 0 Å². The quantitative estimate of drug-likeness (QED) is 0.585. The van der Waals surface area contributed by atoms with Crippen molar-refractivity contribution < 1.29 is 23.8 Å². The van der Waals surface area contributed by atoms with Crippen LogP contribution in [0.4, 0.5) is 0 Å². The Morgan fingerprint density at radius 1 is 1.30 bits per heavy atom. The van der Waals surface area contributed by atoms with Gasteiger partial charge in [-0.2, -0.15) is 0 Å². The molecule has 0 amide bonds. The van der Waals surface area contributed by atoms with Crippen molar-refractivity contribution in [1.82, 2.24) is 0 Å². The Bertz CT molecular complexity index is 574. The maximum absolute atomic E-state index is 12.7. The number of hydrogen-bond donors (Lipinski definition) is 0. The fraction of sp³-hybridized carbons (Fsp3) is 0.667. The van der Waals surface area contributed by atoms with E-state index in [0.717, 1.165) is 6.42 Å². The van der Waals surface area contributed by atoms with Gasteiger partial charge in [-0.3, -0.25) is 9.59 Å². The van der Waals surface area contributed by atoms with E-state index in [1.165, 1.54) is 7.11 Å². The molecule has 5 atom stereocenters. The van der Waals surface area contributed by atoms with Crippen molar-refractivity contribution >= 4 is 11.8 Å². The second-order valence-electron chi connectivity index (χ2n) is 6.98. The van der Waals surface area contributed by atoms with Gasteiger partial charge in [0, 0.05) is 5.92 Å². The van der Waals surface area contributed by atoms with Gasteiger partial charge in [0.1, 0.15) is 0 Å². The van der Waals surface area contributed by atoms with Crippen LogP contribution in [0, 0.1) is 29.1 Å². The second kappa shape index (κ2) is 5.56. The first-order chi connectivity index (χ1) is 11.2. The van der Waals surface area contributed by atoms with Gasteiger partial charge in [-0.15, -0.1) is 0 Å². The lowest BCUT2D eigenvalue weighted by Gasteiger charge is -2.43. The summed E-state index contributed by atoms with van der Waals surface area (Å²) in [7, 11) is 1.43. The number of ketones is 1. The first-order valence-electron chi connectivity index (χ1n) is 8.39. The van der Waals surface area contributed by atoms with Crippen LogP contribution in [0.2, 0.25) is 0 Å². The first-order valence-corrected chi connectivity index (χ1v) is 8.39. The van der Waals surface area contributed by atoms with Crippen LogP contribution in [0.15, 0.2) is 24.3 Å². The third-order valence-corrected chi connectivity index (χ3v) is 5.98. The van der Waals surface area contributed by atoms with Crippen molar-refractivity contribution in [2.24, 2.45) is 29.1 Å². The lowest BCUT2D eigenvalue weighted by Crippen LogP contribution is -2.48. The molecule has 5 nitrogen and oxygen atoms in total. The van der Waals surface area contributed by atoms with Gasteiger partial charge in [0.25, 0.3) is 0 Å². The lowest BCUT2D eigenvalue weighted by molar-refractivity contribution is -0.158. The molecule has 5 heteroatoms. The maximum Gasteiger partial charge on any atom is 0.316 e. The number of methoxy groups -OCH3 is 1. The van der Waals surface area contributed by atoms with E-state index in [4.69, 9.17) is 14.2 Å². The minimum Gasteiger partial charge on any atom is -0.468 e. The van der Waals surface area contributed by atoms with Gasteiger partial charge >= 0.3 is 5.97 Å². The molecule has 3 aliphatic carbocycles. The first kappa shape index (κ1) is 15.1. The summed E-state index contributed by atoms with van der Waals surface area (Å²) in [5, 5.41) is 0. The zero-order valence-corrected chi connectivity index (χ0v) is 13.3. The molecule has 1 saturated carbocycles. The lowest BCUT2D eigenvalue weighted by atomic mass is 9.59. The second-order valence-corrected chi connectivity index (χ2v) is 6.98. The summed E-state index contributed by atoms with van der Waals surface area (Å²) in [5.41, 5.74) is -0.743. The van der Waals surface area contributed by atoms with Crippen LogP contribution in [-0.2, 0) is 23.8 Å². The molecule has 124 valence electrons. The molecular weight excluding hydrogens is 296 g/mol. The van der Waals surface area contributed by atoms with Crippen LogP contribution in [-0.4, -0.2) is 38.4 Å². The zero-order valence-electron chi connectivity index (χ0n) is 13.3. The Kier molecular flexibility index (Phi) is 3.65. The van der Waals surface area contributed by atoms with Gasteiger partial charge in [-0.1, -0.05) is 18.2 Å². The minimum atomic E-state index is -0.743. The van der Waals surface area contributed by atoms with Crippen LogP contribution >= 0.6 is 0 Å². The van der Waals surface area contributed by atoms with E-state index in [0.29, 0.717) is 26.1 Å². The summed E-state index contributed by atoms with van der Waals surface area (Å²) in [4.78, 5) is 25.1. The highest BCUT2D eigenvalue weighted by molar-refractivity contribution is 5.97. The predicted molar refractivity (Wildman–Crippen MR) is 81.2 cm³/mol. The monoisotopic (exact) mass is 318 g/mol. The van der Waals surface area contributed by atoms with Crippen LogP contribution in [0.1, 0.15) is 19.3 Å². The number of carbonyl (C=O) groups excluding carboxylic acids is 2. The van der Waals surface area contributed by atoms with E-state index in [9.17, 15) is 9.59 Å². The number of ether oxygens (including phenoxy) is 3. The topological polar surface area (TPSA) is 61.8 Å². The molecule has 4 rings (SSSR count). The molecule has 0 aromatic rings. The van der Waals surface area contributed by atoms with Crippen molar-refractivity contribution in [3.63, 3.8) is 0 Å². The Hall–Kier alpha value is -1.46. The normalized spacial score (nSPS) is 41.5. The molecule has 2 bridgehead atoms. The number of rotatable bonds is 4. The summed E-state index contributed by atoms with van der Waals surface area (Å²) in [5.74, 6) is 0.382. The fourth-order valence-electron chi connectivity index (χ4n) is 5.04. The molecule has 0 aromatic heterocycles. The van der Waals surface area contributed by atoms with Crippen molar-refractivity contribution in [2.75, 3.05) is 20.3 Å². The number of esters is 1. The summed E-state index contributed by atoms with van der Waals surface area (Å²) in [6.07, 6.45) is 9.67. The summed E-state index contributed by atoms with van der Waals surface area (Å²) in [6.45, 7) is 1.20. The molecule has 1 aliphatic heterocycles. The number of carbonyl (C=O) groups is 2. The molecule has 0 N–H and O–H groups in total. The SMILES string of the molecule is COC(=O)[C@]1(CCC2OCCO2)C=CC(=O)[C@H]2[C@@H]1[C@H]1C=C[C@@H]2C1. The summed E-state index contributed by atoms with van der Waals surface area (Å²) >= 11 is 0. The molecule has 0 spiro atoms. The van der Waals surface area contributed by atoms with Gasteiger partial charge < -0.3 is 14.2 Å². The van der Waals surface area contributed by atoms with Gasteiger partial charge in [0.2, 0.25) is 0 Å². The van der Waals surface area contributed by atoms with E-state index in [2.05, 4.69) is 12.2 Å². The number of fused-ring (bicyclic) bond motifs is 5. The molecule has 0 radical (unpaired) electrons. The van der Waals surface area contributed by atoms with Crippen molar-refractivity contribution in [3.8, 4) is 0 Å². The summed E-state index contributed by atoms with van der Waals surface area (Å²) < 4.78 is 16.2. The highest BCUT2D eigenvalue weighted by atomic mass is 16.7. The molecule has 0 unspecified atom stereocenters. The van der Waals surface area contributed by atoms with Gasteiger partial charge in [-0.05, 0) is 43.1 Å². The van der Waals surface area contributed by atoms with Gasteiger partial charge in [-0.25, -0.2) is 0 Å². The van der Waals surface area contributed by atoms with Crippen LogP contribution in [0.5, 0.6) is 0 Å². The van der Waals surface area contributed by atoms with Gasteiger partial charge in [0.05, 0.1) is 25.7 Å². The van der Waals surface area contributed by atoms with Crippen molar-refractivity contribution in [1.29, 1.82) is 0 Å². The molecule has 0 aromatic carbocycles. The maximum atomic E-state index is 12.7. The largest absolute Gasteiger partial charge is 0.468 e. The fourth-order valence-corrected chi connectivity index (χ4v) is 5.04. The van der Waals surface area contributed by atoms with Crippen LogP contribution < -0.4 is 0 Å². The third kappa shape index (κ3) is 2.21.